The molecule has 0 atom stereocenters. The van der Waals surface area contributed by atoms with E-state index in [-0.39, 0.29) is 11.3 Å². The van der Waals surface area contributed by atoms with Crippen LogP contribution in [0.2, 0.25) is 0 Å². The van der Waals surface area contributed by atoms with E-state index >= 15 is 0 Å². The summed E-state index contributed by atoms with van der Waals surface area (Å²) in [5.74, 6) is -0.452. The van der Waals surface area contributed by atoms with Crippen LogP contribution in [0.25, 0.3) is 22.2 Å². The number of carbonyl (C=O) groups is 1. The number of nitro benzene ring substituents is 1. The lowest BCUT2D eigenvalue weighted by molar-refractivity contribution is -0.385. The van der Waals surface area contributed by atoms with Crippen LogP contribution in [-0.2, 0) is 0 Å². The summed E-state index contributed by atoms with van der Waals surface area (Å²) in [6, 6.07) is 12.2. The summed E-state index contributed by atoms with van der Waals surface area (Å²) in [6.45, 7) is 1.98. The number of carbonyl (C=O) groups excluding carboxylic acids is 1. The number of para-hydroxylation sites is 1. The summed E-state index contributed by atoms with van der Waals surface area (Å²) in [5.41, 5.74) is 3.80. The van der Waals surface area contributed by atoms with Crippen molar-refractivity contribution in [3.05, 3.63) is 73.7 Å². The minimum Gasteiger partial charge on any atom is -0.358 e. The second-order valence-corrected chi connectivity index (χ2v) is 7.80. The maximum Gasteiger partial charge on any atom is 0.284 e. The van der Waals surface area contributed by atoms with Crippen LogP contribution in [0.5, 0.6) is 0 Å². The smallest absolute Gasteiger partial charge is 0.284 e. The molecule has 0 radical (unpaired) electrons. The van der Waals surface area contributed by atoms with Crippen LogP contribution in [0.3, 0.4) is 0 Å². The first-order valence-corrected chi connectivity index (χ1v) is 9.90. The molecule has 0 fully saturated rings. The number of hydrogen-bond acceptors (Lipinski definition) is 5. The van der Waals surface area contributed by atoms with Crippen molar-refractivity contribution in [2.24, 2.45) is 0 Å². The summed E-state index contributed by atoms with van der Waals surface area (Å²) >= 11 is 4.41. The Morgan fingerprint density at radius 3 is 2.86 bits per heavy atom. The summed E-state index contributed by atoms with van der Waals surface area (Å²) in [5, 5.41) is 17.1. The normalized spacial score (nSPS) is 10.9. The number of anilines is 1. The highest BCUT2D eigenvalue weighted by molar-refractivity contribution is 9.10. The summed E-state index contributed by atoms with van der Waals surface area (Å²) < 4.78 is 0.320. The fourth-order valence-electron chi connectivity index (χ4n) is 3.02. The number of nitrogens with zero attached hydrogens (tertiary/aromatic N) is 2. The van der Waals surface area contributed by atoms with Crippen LogP contribution in [0, 0.1) is 17.0 Å². The molecule has 4 rings (SSSR count). The minimum absolute atomic E-state index is 0.165. The molecule has 0 aliphatic heterocycles. The van der Waals surface area contributed by atoms with E-state index in [0.29, 0.717) is 9.60 Å². The molecule has 0 aliphatic carbocycles. The quantitative estimate of drug-likeness (QED) is 0.311. The van der Waals surface area contributed by atoms with E-state index in [2.05, 4.69) is 31.2 Å². The van der Waals surface area contributed by atoms with Gasteiger partial charge in [-0.1, -0.05) is 18.2 Å². The topological polar surface area (TPSA) is 101 Å². The fourth-order valence-corrected chi connectivity index (χ4v) is 4.10. The van der Waals surface area contributed by atoms with E-state index in [4.69, 9.17) is 0 Å². The molecular formula is C19H13BrN4O3S. The van der Waals surface area contributed by atoms with Crippen LogP contribution in [0.4, 0.5) is 10.8 Å². The monoisotopic (exact) mass is 456 g/mol. The van der Waals surface area contributed by atoms with Crippen molar-refractivity contribution in [3.63, 3.8) is 0 Å². The number of halogens is 1. The molecule has 2 N–H and O–H groups in total. The van der Waals surface area contributed by atoms with Gasteiger partial charge in [0.15, 0.2) is 5.13 Å². The highest BCUT2D eigenvalue weighted by Crippen LogP contribution is 2.34. The van der Waals surface area contributed by atoms with Gasteiger partial charge >= 0.3 is 0 Å². The number of rotatable bonds is 4. The van der Waals surface area contributed by atoms with Crippen molar-refractivity contribution in [1.82, 2.24) is 9.97 Å². The number of aryl methyl sites for hydroxylation is 1. The molecule has 0 saturated carbocycles. The molecule has 28 heavy (non-hydrogen) atoms. The minimum atomic E-state index is -0.540. The van der Waals surface area contributed by atoms with E-state index in [9.17, 15) is 14.9 Å². The van der Waals surface area contributed by atoms with Gasteiger partial charge in [0.05, 0.1) is 15.1 Å². The lowest BCUT2D eigenvalue weighted by Gasteiger charge is -2.03. The fraction of sp³-hybridized carbons (Fsp3) is 0.0526. The maximum absolute atomic E-state index is 12.5. The predicted molar refractivity (Wildman–Crippen MR) is 113 cm³/mol. The molecule has 9 heteroatoms. The van der Waals surface area contributed by atoms with Crippen molar-refractivity contribution in [2.45, 2.75) is 6.92 Å². The Hall–Kier alpha value is -3.04. The number of thiazole rings is 1. The number of nitro groups is 1. The van der Waals surface area contributed by atoms with Gasteiger partial charge in [-0.05, 0) is 41.1 Å². The van der Waals surface area contributed by atoms with Gasteiger partial charge in [0.2, 0.25) is 0 Å². The third-order valence-electron chi connectivity index (χ3n) is 4.28. The number of H-pyrrole nitrogens is 1. The molecule has 2 heterocycles. The van der Waals surface area contributed by atoms with E-state index < -0.39 is 10.8 Å². The van der Waals surface area contributed by atoms with Gasteiger partial charge in [0.1, 0.15) is 0 Å². The molecule has 1 amide bonds. The third-order valence-corrected chi connectivity index (χ3v) is 5.71. The summed E-state index contributed by atoms with van der Waals surface area (Å²) in [4.78, 5) is 30.9. The number of aromatic nitrogens is 2. The zero-order valence-electron chi connectivity index (χ0n) is 14.5. The molecule has 4 aromatic rings. The van der Waals surface area contributed by atoms with Crippen molar-refractivity contribution in [2.75, 3.05) is 5.32 Å². The summed E-state index contributed by atoms with van der Waals surface area (Å²) in [6.07, 6.45) is 0. The van der Waals surface area contributed by atoms with Crippen molar-refractivity contribution < 1.29 is 9.72 Å². The molecule has 7 nitrogen and oxygen atoms in total. The number of nitrogens with one attached hydrogen (secondary N) is 2. The Bertz CT molecular complexity index is 1230. The van der Waals surface area contributed by atoms with Crippen LogP contribution >= 0.6 is 27.3 Å². The standard InChI is InChI=1S/C19H13BrN4O3S/c1-10-17(12-4-2-3-5-14(12)21-10)15-9-28-19(22-15)23-18(25)11-6-7-13(20)16(8-11)24(26)27/h2-9,21H,1H3,(H,22,23,25). The Balaban J connectivity index is 1.62. The van der Waals surface area contributed by atoms with Gasteiger partial charge in [-0.2, -0.15) is 0 Å². The Morgan fingerprint density at radius 1 is 1.29 bits per heavy atom. The number of benzene rings is 2. The average Bonchev–Trinajstić information content (AvgIpc) is 3.24. The first kappa shape index (κ1) is 18.3. The number of aromatic amines is 1. The van der Waals surface area contributed by atoms with Gasteiger partial charge in [0, 0.05) is 39.2 Å². The van der Waals surface area contributed by atoms with Crippen LogP contribution in [-0.4, -0.2) is 20.8 Å². The van der Waals surface area contributed by atoms with Crippen LogP contribution in [0.15, 0.2) is 52.3 Å². The van der Waals surface area contributed by atoms with Gasteiger partial charge < -0.3 is 4.98 Å². The molecule has 2 aromatic carbocycles. The van der Waals surface area contributed by atoms with E-state index in [1.807, 2.05) is 36.6 Å². The van der Waals surface area contributed by atoms with Gasteiger partial charge in [-0.15, -0.1) is 11.3 Å². The molecule has 0 bridgehead atoms. The average molecular weight is 457 g/mol. The Labute approximate surface area is 171 Å². The zero-order valence-corrected chi connectivity index (χ0v) is 16.9. The van der Waals surface area contributed by atoms with Crippen LogP contribution in [0.1, 0.15) is 16.1 Å². The lowest BCUT2D eigenvalue weighted by Crippen LogP contribution is -2.12. The Kier molecular flexibility index (Phi) is 4.70. The maximum atomic E-state index is 12.5. The van der Waals surface area contributed by atoms with E-state index in [1.165, 1.54) is 29.5 Å². The SMILES string of the molecule is Cc1[nH]c2ccccc2c1-c1csc(NC(=O)c2ccc(Br)c([N+](=O)[O-])c2)n1. The first-order chi connectivity index (χ1) is 13.4. The number of fused-ring (bicyclic) bond motifs is 1. The summed E-state index contributed by atoms with van der Waals surface area (Å²) in [7, 11) is 0. The second kappa shape index (κ2) is 7.17. The second-order valence-electron chi connectivity index (χ2n) is 6.09. The van der Waals surface area contributed by atoms with Crippen molar-refractivity contribution in [1.29, 1.82) is 0 Å². The first-order valence-electron chi connectivity index (χ1n) is 8.22. The molecule has 0 aliphatic rings. The van der Waals surface area contributed by atoms with Gasteiger partial charge in [-0.3, -0.25) is 20.2 Å². The van der Waals surface area contributed by atoms with Crippen LogP contribution < -0.4 is 5.32 Å². The van der Waals surface area contributed by atoms with E-state index in [0.717, 1.165) is 27.9 Å². The largest absolute Gasteiger partial charge is 0.358 e. The molecule has 140 valence electrons. The van der Waals surface area contributed by atoms with E-state index in [1.54, 1.807) is 0 Å². The molecule has 0 spiro atoms. The molecule has 0 unspecified atom stereocenters. The van der Waals surface area contributed by atoms with Gasteiger partial charge in [0.25, 0.3) is 11.6 Å². The highest BCUT2D eigenvalue weighted by Gasteiger charge is 2.18. The Morgan fingerprint density at radius 2 is 2.07 bits per heavy atom. The highest BCUT2D eigenvalue weighted by atomic mass is 79.9. The number of amides is 1. The van der Waals surface area contributed by atoms with Crippen molar-refractivity contribution >= 4 is 54.9 Å². The molecule has 0 saturated heterocycles. The van der Waals surface area contributed by atoms with Gasteiger partial charge in [-0.25, -0.2) is 4.98 Å². The lowest BCUT2D eigenvalue weighted by atomic mass is 10.1. The predicted octanol–water partition coefficient (Wildman–Crippen LogP) is 5.52. The zero-order chi connectivity index (χ0) is 19.8. The molecular weight excluding hydrogens is 444 g/mol. The third kappa shape index (κ3) is 3.30. The molecule has 2 aromatic heterocycles. The number of hydrogen-bond donors (Lipinski definition) is 2. The van der Waals surface area contributed by atoms with Crippen molar-refractivity contribution in [3.8, 4) is 11.3 Å².